The highest BCUT2D eigenvalue weighted by Crippen LogP contribution is 2.49. The van der Waals surface area contributed by atoms with E-state index in [-0.39, 0.29) is 16.9 Å². The number of ether oxygens (including phenoxy) is 1. The summed E-state index contributed by atoms with van der Waals surface area (Å²) < 4.78 is 45.5. The van der Waals surface area contributed by atoms with Crippen molar-refractivity contribution >= 4 is 16.7 Å². The highest BCUT2D eigenvalue weighted by atomic mass is 19.4. The molecule has 2 unspecified atom stereocenters. The van der Waals surface area contributed by atoms with Gasteiger partial charge in [-0.15, -0.1) is 0 Å². The van der Waals surface area contributed by atoms with Gasteiger partial charge in [0.25, 0.3) is 5.56 Å². The van der Waals surface area contributed by atoms with Crippen LogP contribution in [0.15, 0.2) is 46.3 Å². The molecule has 10 nitrogen and oxygen atoms in total. The molecule has 1 aromatic carbocycles. The second-order valence-corrected chi connectivity index (χ2v) is 8.62. The van der Waals surface area contributed by atoms with Gasteiger partial charge in [0.1, 0.15) is 24.6 Å². The number of hydrogen-bond donors (Lipinski definition) is 3. The van der Waals surface area contributed by atoms with Crippen LogP contribution in [0.5, 0.6) is 0 Å². The van der Waals surface area contributed by atoms with E-state index in [9.17, 15) is 18.0 Å². The van der Waals surface area contributed by atoms with Crippen LogP contribution in [0, 0.1) is 0 Å². The molecule has 0 radical (unpaired) electrons. The van der Waals surface area contributed by atoms with E-state index < -0.39 is 23.2 Å². The van der Waals surface area contributed by atoms with Crippen molar-refractivity contribution in [2.24, 2.45) is 4.99 Å². The predicted molar refractivity (Wildman–Crippen MR) is 120 cm³/mol. The van der Waals surface area contributed by atoms with E-state index in [1.54, 1.807) is 12.1 Å². The molecule has 3 aliphatic heterocycles. The lowest BCUT2D eigenvalue weighted by Crippen LogP contribution is -2.50. The summed E-state index contributed by atoms with van der Waals surface area (Å²) in [7, 11) is 0. The van der Waals surface area contributed by atoms with E-state index in [2.05, 4.69) is 37.4 Å². The zero-order valence-electron chi connectivity index (χ0n) is 18.7. The number of allylic oxidation sites excluding steroid dienone is 1. The van der Waals surface area contributed by atoms with Crippen LogP contribution in [0.3, 0.4) is 0 Å². The normalized spacial score (nSPS) is 25.1. The Kier molecular flexibility index (Phi) is 4.69. The summed E-state index contributed by atoms with van der Waals surface area (Å²) in [6.45, 7) is 5.70. The van der Waals surface area contributed by atoms with E-state index in [4.69, 9.17) is 9.73 Å². The SMILES string of the molecule is CCN1C2(N=C(c3cc(-c4nc5ccc(C(F)(F)F)cc5[nH]4)c(=O)[nH]n3)C=CN2)[N+]12CCOCC2. The number of alkyl halides is 3. The quantitative estimate of drug-likeness (QED) is 0.385. The topological polar surface area (TPSA) is 111 Å². The van der Waals surface area contributed by atoms with Crippen LogP contribution in [-0.4, -0.2) is 74.2 Å². The monoisotopic (exact) mass is 487 g/mol. The number of fused-ring (bicyclic) bond motifs is 2. The molecule has 3 aliphatic rings. The fraction of sp³-hybridized carbons (Fsp3) is 0.364. The molecule has 3 N–H and O–H groups in total. The minimum absolute atomic E-state index is 0.149. The third-order valence-electron chi connectivity index (χ3n) is 6.80. The van der Waals surface area contributed by atoms with Crippen LogP contribution < -0.4 is 10.9 Å². The summed E-state index contributed by atoms with van der Waals surface area (Å²) in [5, 5.41) is 12.3. The molecule has 13 heteroatoms. The van der Waals surface area contributed by atoms with Gasteiger partial charge in [-0.05, 0) is 42.3 Å². The molecule has 0 aliphatic carbocycles. The fourth-order valence-corrected chi connectivity index (χ4v) is 5.12. The minimum atomic E-state index is -4.48. The van der Waals surface area contributed by atoms with E-state index in [0.29, 0.717) is 34.7 Å². The molecule has 2 fully saturated rings. The minimum Gasteiger partial charge on any atom is -0.370 e. The number of nitrogens with one attached hydrogen (secondary N) is 3. The van der Waals surface area contributed by atoms with Gasteiger partial charge in [-0.2, -0.15) is 27.9 Å². The number of morpholine rings is 1. The molecule has 35 heavy (non-hydrogen) atoms. The van der Waals surface area contributed by atoms with Gasteiger partial charge in [0.2, 0.25) is 0 Å². The molecule has 0 amide bonds. The molecule has 2 aromatic heterocycles. The molecule has 3 aromatic rings. The average Bonchev–Trinajstić information content (AvgIpc) is 3.14. The lowest BCUT2D eigenvalue weighted by molar-refractivity contribution is -0.896. The van der Waals surface area contributed by atoms with Gasteiger partial charge in [0.15, 0.2) is 0 Å². The molecular formula is C22H22F3N8O2+. The summed E-state index contributed by atoms with van der Waals surface area (Å²) >= 11 is 0. The van der Waals surface area contributed by atoms with Crippen molar-refractivity contribution < 1.29 is 22.5 Å². The van der Waals surface area contributed by atoms with Crippen molar-refractivity contribution in [3.63, 3.8) is 0 Å². The van der Waals surface area contributed by atoms with E-state index >= 15 is 0 Å². The van der Waals surface area contributed by atoms with Gasteiger partial charge in [-0.1, -0.05) is 0 Å². The number of H-pyrrole nitrogens is 2. The standard InChI is InChI=1S/C22H21F3N8O2/c1-2-32-22(33(32)7-9-35-10-8-33)26-6-5-16(29-22)18-12-14(20(34)31-30-18)19-27-15-4-3-13(21(23,24)25)11-17(15)28-19/h3-6,11-12H,2,7-10H2,1H3,(H2-,26,27,28,29,30,31,34)/p+1. The third-order valence-corrected chi connectivity index (χ3v) is 6.80. The van der Waals surface area contributed by atoms with Gasteiger partial charge in [0.05, 0.1) is 47.6 Å². The summed E-state index contributed by atoms with van der Waals surface area (Å²) in [5.74, 6) is -0.510. The highest BCUT2D eigenvalue weighted by Gasteiger charge is 2.80. The largest absolute Gasteiger partial charge is 0.416 e. The van der Waals surface area contributed by atoms with Crippen molar-refractivity contribution in [3.8, 4) is 11.4 Å². The van der Waals surface area contributed by atoms with Crippen molar-refractivity contribution in [1.29, 1.82) is 0 Å². The summed E-state index contributed by atoms with van der Waals surface area (Å²) in [5.41, 5.74) is 0.325. The van der Waals surface area contributed by atoms with Crippen LogP contribution in [0.4, 0.5) is 13.2 Å². The number of halogens is 3. The first-order valence-electron chi connectivity index (χ1n) is 11.2. The zero-order chi connectivity index (χ0) is 24.4. The Labute approximate surface area is 196 Å². The second kappa shape index (κ2) is 7.47. The fourth-order valence-electron chi connectivity index (χ4n) is 5.12. The Morgan fingerprint density at radius 2 is 2.03 bits per heavy atom. The van der Waals surface area contributed by atoms with E-state index in [1.165, 1.54) is 6.07 Å². The van der Waals surface area contributed by atoms with Crippen LogP contribution in [-0.2, 0) is 10.9 Å². The second-order valence-electron chi connectivity index (χ2n) is 8.62. The number of aromatic nitrogens is 4. The average molecular weight is 487 g/mol. The first-order valence-corrected chi connectivity index (χ1v) is 11.2. The van der Waals surface area contributed by atoms with Crippen molar-refractivity contribution in [2.75, 3.05) is 32.8 Å². The Bertz CT molecular complexity index is 1440. The first-order chi connectivity index (χ1) is 16.8. The Morgan fingerprint density at radius 1 is 1.23 bits per heavy atom. The number of quaternary nitrogens is 1. The van der Waals surface area contributed by atoms with Crippen LogP contribution >= 0.6 is 0 Å². The third kappa shape index (κ3) is 3.22. The molecule has 0 saturated carbocycles. The Morgan fingerprint density at radius 3 is 2.77 bits per heavy atom. The number of benzene rings is 1. The molecule has 0 bridgehead atoms. The number of hydrogen-bond acceptors (Lipinski definition) is 7. The molecule has 5 heterocycles. The lowest BCUT2D eigenvalue weighted by atomic mass is 10.1. The molecule has 2 saturated heterocycles. The number of imidazole rings is 1. The summed E-state index contributed by atoms with van der Waals surface area (Å²) in [4.78, 5) is 24.7. The molecule has 2 atom stereocenters. The molecule has 182 valence electrons. The highest BCUT2D eigenvalue weighted by molar-refractivity contribution is 6.08. The van der Waals surface area contributed by atoms with Gasteiger partial charge in [-0.25, -0.2) is 10.1 Å². The van der Waals surface area contributed by atoms with Gasteiger partial charge in [0, 0.05) is 6.20 Å². The number of nitrogens with zero attached hydrogens (tertiary/aromatic N) is 5. The maximum absolute atomic E-state index is 13.1. The lowest BCUT2D eigenvalue weighted by Gasteiger charge is -2.25. The Balaban J connectivity index is 1.39. The Hall–Kier alpha value is -3.55. The first kappa shape index (κ1) is 21.9. The number of rotatable bonds is 3. The summed E-state index contributed by atoms with van der Waals surface area (Å²) in [6, 6.07) is 4.76. The van der Waals surface area contributed by atoms with Crippen LogP contribution in [0.1, 0.15) is 18.2 Å². The van der Waals surface area contributed by atoms with E-state index in [0.717, 1.165) is 31.8 Å². The maximum Gasteiger partial charge on any atom is 0.416 e. The number of aliphatic imine (C=N–C) groups is 1. The van der Waals surface area contributed by atoms with Crippen molar-refractivity contribution in [2.45, 2.75) is 19.0 Å². The molecule has 2 spiro atoms. The van der Waals surface area contributed by atoms with E-state index in [1.807, 2.05) is 6.20 Å². The van der Waals surface area contributed by atoms with Crippen LogP contribution in [0.2, 0.25) is 0 Å². The van der Waals surface area contributed by atoms with Gasteiger partial charge in [-0.3, -0.25) is 4.79 Å². The van der Waals surface area contributed by atoms with Crippen molar-refractivity contribution in [1.82, 2.24) is 30.5 Å². The smallest absolute Gasteiger partial charge is 0.370 e. The van der Waals surface area contributed by atoms with Crippen LogP contribution in [0.25, 0.3) is 22.4 Å². The van der Waals surface area contributed by atoms with Gasteiger partial charge < -0.3 is 15.0 Å². The molecule has 6 rings (SSSR count). The number of aromatic amines is 2. The maximum atomic E-state index is 13.1. The molecular weight excluding hydrogens is 465 g/mol. The summed E-state index contributed by atoms with van der Waals surface area (Å²) in [6.07, 6.45) is -0.890. The predicted octanol–water partition coefficient (Wildman–Crippen LogP) is 1.95. The van der Waals surface area contributed by atoms with Gasteiger partial charge >= 0.3 is 12.1 Å². The zero-order valence-corrected chi connectivity index (χ0v) is 18.7. The van der Waals surface area contributed by atoms with Crippen molar-refractivity contribution in [3.05, 3.63) is 58.2 Å².